The van der Waals surface area contributed by atoms with E-state index in [1.54, 1.807) is 0 Å². The van der Waals surface area contributed by atoms with Crippen LogP contribution in [0.1, 0.15) is 0 Å². The van der Waals surface area contributed by atoms with Crippen LogP contribution in [0.15, 0.2) is 0 Å². The number of rotatable bonds is 1. The number of aliphatic hydroxyl groups is 2. The number of hydrogen-bond acceptors (Lipinski definition) is 4. The molecule has 10 heavy (non-hydrogen) atoms. The highest BCUT2D eigenvalue weighted by Gasteiger charge is 2.19. The Bertz CT molecular complexity index is 105. The molecule has 0 bridgehead atoms. The maximum Gasteiger partial charge on any atom is 0.0846 e. The van der Waals surface area contributed by atoms with Crippen LogP contribution in [0.4, 0.5) is 0 Å². The van der Waals surface area contributed by atoms with Gasteiger partial charge in [0, 0.05) is 18.7 Å². The van der Waals surface area contributed by atoms with Crippen LogP contribution in [-0.4, -0.2) is 42.9 Å². The maximum atomic E-state index is 8.52. The van der Waals surface area contributed by atoms with E-state index in [-0.39, 0.29) is 12.5 Å². The van der Waals surface area contributed by atoms with Crippen molar-refractivity contribution in [2.75, 3.05) is 26.9 Å². The summed E-state index contributed by atoms with van der Waals surface area (Å²) in [6.45, 7) is 0.986. The van der Waals surface area contributed by atoms with Crippen molar-refractivity contribution >= 4 is 5.71 Å². The van der Waals surface area contributed by atoms with E-state index in [9.17, 15) is 0 Å². The SMILES string of the molecule is CO.N=C1COCC1CO. The molecule has 0 amide bonds. The van der Waals surface area contributed by atoms with Crippen LogP contribution in [-0.2, 0) is 4.74 Å². The van der Waals surface area contributed by atoms with Crippen LogP contribution < -0.4 is 0 Å². The van der Waals surface area contributed by atoms with Gasteiger partial charge in [-0.25, -0.2) is 0 Å². The number of hydrogen-bond donors (Lipinski definition) is 3. The molecular weight excluding hydrogens is 134 g/mol. The average molecular weight is 147 g/mol. The summed E-state index contributed by atoms with van der Waals surface area (Å²) in [6, 6.07) is 0. The summed E-state index contributed by atoms with van der Waals surface area (Å²) in [5.74, 6) is -0.0185. The van der Waals surface area contributed by atoms with Gasteiger partial charge >= 0.3 is 0 Å². The summed E-state index contributed by atoms with van der Waals surface area (Å²) >= 11 is 0. The monoisotopic (exact) mass is 147 g/mol. The largest absolute Gasteiger partial charge is 0.400 e. The molecule has 1 fully saturated rings. The fourth-order valence-electron chi connectivity index (χ4n) is 0.692. The Morgan fingerprint density at radius 1 is 1.70 bits per heavy atom. The van der Waals surface area contributed by atoms with Crippen molar-refractivity contribution in [1.82, 2.24) is 0 Å². The fraction of sp³-hybridized carbons (Fsp3) is 0.833. The quantitative estimate of drug-likeness (QED) is 0.457. The molecule has 1 heterocycles. The van der Waals surface area contributed by atoms with E-state index in [0.717, 1.165) is 7.11 Å². The summed E-state index contributed by atoms with van der Waals surface area (Å²) in [5, 5.41) is 22.6. The third-order valence-electron chi connectivity index (χ3n) is 1.29. The highest BCUT2D eigenvalue weighted by Crippen LogP contribution is 2.06. The molecule has 4 nitrogen and oxygen atoms in total. The summed E-state index contributed by atoms with van der Waals surface area (Å²) in [7, 11) is 1.00. The van der Waals surface area contributed by atoms with Crippen LogP contribution in [0.25, 0.3) is 0 Å². The lowest BCUT2D eigenvalue weighted by Gasteiger charge is -1.98. The second-order valence-electron chi connectivity index (χ2n) is 1.92. The van der Waals surface area contributed by atoms with Crippen molar-refractivity contribution in [3.63, 3.8) is 0 Å². The maximum absolute atomic E-state index is 8.52. The van der Waals surface area contributed by atoms with Crippen molar-refractivity contribution < 1.29 is 14.9 Å². The predicted molar refractivity (Wildman–Crippen MR) is 37.3 cm³/mol. The molecule has 1 aliphatic rings. The lowest BCUT2D eigenvalue weighted by molar-refractivity contribution is 0.161. The van der Waals surface area contributed by atoms with E-state index in [0.29, 0.717) is 18.9 Å². The van der Waals surface area contributed by atoms with Gasteiger partial charge in [0.05, 0.1) is 19.8 Å². The zero-order valence-electron chi connectivity index (χ0n) is 6.00. The first-order valence-electron chi connectivity index (χ1n) is 3.05. The molecule has 0 radical (unpaired) electrons. The van der Waals surface area contributed by atoms with E-state index in [1.807, 2.05) is 0 Å². The first-order chi connectivity index (χ1) is 4.84. The predicted octanol–water partition coefficient (Wildman–Crippen LogP) is -0.747. The minimum Gasteiger partial charge on any atom is -0.400 e. The molecule has 1 saturated heterocycles. The van der Waals surface area contributed by atoms with Crippen LogP contribution in [0.3, 0.4) is 0 Å². The molecule has 60 valence electrons. The molecule has 0 spiro atoms. The summed E-state index contributed by atoms with van der Waals surface area (Å²) in [6.07, 6.45) is 0. The standard InChI is InChI=1S/C5H9NO2.CH4O/c6-5-3-8-2-4(5)1-7;1-2/h4,6-7H,1-3H2;2H,1H3. The van der Waals surface area contributed by atoms with Crippen LogP contribution in [0.2, 0.25) is 0 Å². The van der Waals surface area contributed by atoms with Gasteiger partial charge in [-0.1, -0.05) is 0 Å². The van der Waals surface area contributed by atoms with E-state index >= 15 is 0 Å². The van der Waals surface area contributed by atoms with E-state index in [4.69, 9.17) is 20.4 Å². The van der Waals surface area contributed by atoms with E-state index in [1.165, 1.54) is 0 Å². The molecule has 1 aliphatic heterocycles. The fourth-order valence-corrected chi connectivity index (χ4v) is 0.692. The Kier molecular flexibility index (Phi) is 5.10. The molecule has 4 heteroatoms. The van der Waals surface area contributed by atoms with E-state index in [2.05, 4.69) is 0 Å². The Morgan fingerprint density at radius 2 is 2.30 bits per heavy atom. The Balaban J connectivity index is 0.000000371. The highest BCUT2D eigenvalue weighted by atomic mass is 16.5. The lowest BCUT2D eigenvalue weighted by Crippen LogP contribution is -2.14. The Morgan fingerprint density at radius 3 is 2.50 bits per heavy atom. The van der Waals surface area contributed by atoms with Gasteiger partial charge in [-0.2, -0.15) is 0 Å². The smallest absolute Gasteiger partial charge is 0.0846 e. The van der Waals surface area contributed by atoms with Gasteiger partial charge in [0.2, 0.25) is 0 Å². The molecule has 1 rings (SSSR count). The van der Waals surface area contributed by atoms with Crippen LogP contribution in [0, 0.1) is 11.3 Å². The zero-order valence-corrected chi connectivity index (χ0v) is 6.00. The van der Waals surface area contributed by atoms with Gasteiger partial charge in [-0.15, -0.1) is 0 Å². The van der Waals surface area contributed by atoms with Crippen LogP contribution in [0.5, 0.6) is 0 Å². The summed E-state index contributed by atoms with van der Waals surface area (Å²) < 4.78 is 4.88. The Labute approximate surface area is 60.0 Å². The topological polar surface area (TPSA) is 73.5 Å². The molecule has 0 aromatic carbocycles. The van der Waals surface area contributed by atoms with Crippen molar-refractivity contribution in [2.45, 2.75) is 0 Å². The average Bonchev–Trinajstić information content (AvgIpc) is 2.39. The zero-order chi connectivity index (χ0) is 7.98. The minimum atomic E-state index is -0.0185. The number of aliphatic hydroxyl groups excluding tert-OH is 2. The molecular formula is C6H13NO3. The van der Waals surface area contributed by atoms with Crippen molar-refractivity contribution in [3.05, 3.63) is 0 Å². The molecule has 1 atom stereocenters. The van der Waals surface area contributed by atoms with Crippen molar-refractivity contribution in [2.24, 2.45) is 5.92 Å². The third kappa shape index (κ3) is 2.43. The molecule has 0 aliphatic carbocycles. The molecule has 0 aromatic heterocycles. The van der Waals surface area contributed by atoms with Gasteiger partial charge in [-0.05, 0) is 0 Å². The minimum absolute atomic E-state index is 0.0185. The van der Waals surface area contributed by atoms with Crippen molar-refractivity contribution in [3.8, 4) is 0 Å². The second kappa shape index (κ2) is 5.34. The van der Waals surface area contributed by atoms with Crippen LogP contribution >= 0.6 is 0 Å². The summed E-state index contributed by atoms with van der Waals surface area (Å²) in [5.41, 5.74) is 0.521. The summed E-state index contributed by atoms with van der Waals surface area (Å²) in [4.78, 5) is 0. The van der Waals surface area contributed by atoms with Gasteiger partial charge in [0.15, 0.2) is 0 Å². The first-order valence-corrected chi connectivity index (χ1v) is 3.05. The number of ether oxygens (including phenoxy) is 1. The van der Waals surface area contributed by atoms with E-state index < -0.39 is 0 Å². The van der Waals surface area contributed by atoms with Gasteiger partial charge in [0.25, 0.3) is 0 Å². The Hall–Kier alpha value is -0.450. The second-order valence-corrected chi connectivity index (χ2v) is 1.92. The highest BCUT2D eigenvalue weighted by molar-refractivity contribution is 5.86. The van der Waals surface area contributed by atoms with Gasteiger partial charge < -0.3 is 20.4 Å². The molecule has 3 N–H and O–H groups in total. The first kappa shape index (κ1) is 9.55. The lowest BCUT2D eigenvalue weighted by atomic mass is 10.1. The van der Waals surface area contributed by atoms with Gasteiger partial charge in [0.1, 0.15) is 0 Å². The van der Waals surface area contributed by atoms with Crippen molar-refractivity contribution in [1.29, 1.82) is 5.41 Å². The molecule has 1 unspecified atom stereocenters. The number of nitrogens with one attached hydrogen (secondary N) is 1. The molecule has 0 saturated carbocycles. The van der Waals surface area contributed by atoms with Gasteiger partial charge in [-0.3, -0.25) is 0 Å². The third-order valence-corrected chi connectivity index (χ3v) is 1.29. The normalized spacial score (nSPS) is 23.9. The molecule has 0 aromatic rings.